The van der Waals surface area contributed by atoms with E-state index in [0.717, 1.165) is 4.57 Å². The van der Waals surface area contributed by atoms with Gasteiger partial charge in [-0.15, -0.1) is 0 Å². The Labute approximate surface area is 177 Å². The van der Waals surface area contributed by atoms with Crippen LogP contribution in [0.3, 0.4) is 0 Å². The van der Waals surface area contributed by atoms with Crippen molar-refractivity contribution in [2.24, 2.45) is 0 Å². The van der Waals surface area contributed by atoms with Crippen molar-refractivity contribution in [3.8, 4) is 0 Å². The van der Waals surface area contributed by atoms with Crippen molar-refractivity contribution in [1.82, 2.24) is 14.5 Å². The first-order chi connectivity index (χ1) is 14.4. The van der Waals surface area contributed by atoms with Crippen molar-refractivity contribution < 1.29 is 22.7 Å². The molecule has 1 amide bonds. The Hall–Kier alpha value is -3.04. The summed E-state index contributed by atoms with van der Waals surface area (Å²) in [5, 5.41) is 0. The summed E-state index contributed by atoms with van der Waals surface area (Å²) in [5.74, 6) is -0.326. The molecule has 168 valence electrons. The fraction of sp³-hybridized carbons (Fsp3) is 0.476. The van der Waals surface area contributed by atoms with Crippen LogP contribution in [0.2, 0.25) is 0 Å². The summed E-state index contributed by atoms with van der Waals surface area (Å²) in [6, 6.07) is 6.58. The van der Waals surface area contributed by atoms with Gasteiger partial charge < -0.3 is 15.4 Å². The first-order valence-electron chi connectivity index (χ1n) is 9.85. The summed E-state index contributed by atoms with van der Waals surface area (Å²) >= 11 is 0. The van der Waals surface area contributed by atoms with Crippen LogP contribution in [-0.2, 0) is 17.7 Å². The van der Waals surface area contributed by atoms with Gasteiger partial charge in [0.2, 0.25) is 5.95 Å². The number of hydrogen-bond acceptors (Lipinski definition) is 5. The van der Waals surface area contributed by atoms with E-state index in [1.165, 1.54) is 17.0 Å². The third-order valence-corrected chi connectivity index (χ3v) is 4.87. The van der Waals surface area contributed by atoms with Gasteiger partial charge in [0.25, 0.3) is 5.56 Å². The van der Waals surface area contributed by atoms with Crippen LogP contribution < -0.4 is 11.3 Å². The van der Waals surface area contributed by atoms with Crippen LogP contribution in [0.5, 0.6) is 0 Å². The van der Waals surface area contributed by atoms with E-state index in [1.807, 2.05) is 0 Å². The minimum Gasteiger partial charge on any atom is -0.444 e. The van der Waals surface area contributed by atoms with E-state index >= 15 is 0 Å². The Morgan fingerprint density at radius 1 is 1.23 bits per heavy atom. The Morgan fingerprint density at radius 3 is 2.45 bits per heavy atom. The third-order valence-electron chi connectivity index (χ3n) is 4.87. The van der Waals surface area contributed by atoms with Crippen LogP contribution in [-0.4, -0.2) is 38.9 Å². The van der Waals surface area contributed by atoms with Gasteiger partial charge in [-0.25, -0.2) is 9.78 Å². The Morgan fingerprint density at radius 2 is 1.87 bits per heavy atom. The molecule has 3 rings (SSSR count). The van der Waals surface area contributed by atoms with Crippen LogP contribution in [0.4, 0.5) is 23.9 Å². The van der Waals surface area contributed by atoms with Crippen molar-refractivity contribution in [1.29, 1.82) is 0 Å². The number of amides is 1. The largest absolute Gasteiger partial charge is 0.444 e. The predicted octanol–water partition coefficient (Wildman–Crippen LogP) is 3.66. The van der Waals surface area contributed by atoms with E-state index in [2.05, 4.69) is 4.98 Å². The number of ether oxygens (including phenoxy) is 1. The van der Waals surface area contributed by atoms with Gasteiger partial charge in [-0.05, 0) is 32.8 Å². The summed E-state index contributed by atoms with van der Waals surface area (Å²) in [6.07, 6.45) is -6.18. The number of fused-ring (bicyclic) bond motifs is 1. The molecule has 0 bridgehead atoms. The molecule has 1 atom stereocenters. The highest BCUT2D eigenvalue weighted by atomic mass is 19.4. The molecule has 0 saturated carbocycles. The maximum absolute atomic E-state index is 13.3. The average molecular weight is 438 g/mol. The van der Waals surface area contributed by atoms with Gasteiger partial charge in [0.15, 0.2) is 0 Å². The first kappa shape index (κ1) is 22.6. The van der Waals surface area contributed by atoms with Crippen LogP contribution >= 0.6 is 0 Å². The lowest BCUT2D eigenvalue weighted by Gasteiger charge is -2.31. The number of nitrogens with two attached hydrogens (primary N) is 1. The highest BCUT2D eigenvalue weighted by Crippen LogP contribution is 2.33. The van der Waals surface area contributed by atoms with Gasteiger partial charge in [-0.3, -0.25) is 9.36 Å². The zero-order valence-electron chi connectivity index (χ0n) is 17.6. The molecule has 1 aromatic carbocycles. The van der Waals surface area contributed by atoms with Crippen LogP contribution in [0, 0.1) is 0 Å². The van der Waals surface area contributed by atoms with E-state index in [-0.39, 0.29) is 36.7 Å². The van der Waals surface area contributed by atoms with Crippen LogP contribution in [0.15, 0.2) is 35.1 Å². The van der Waals surface area contributed by atoms with E-state index in [0.29, 0.717) is 5.56 Å². The van der Waals surface area contributed by atoms with Crippen molar-refractivity contribution in [3.05, 3.63) is 57.5 Å². The number of carbonyl (C=O) groups excluding carboxylic acids is 1. The summed E-state index contributed by atoms with van der Waals surface area (Å²) in [4.78, 5) is 31.1. The number of nitrogens with zero attached hydrogens (tertiary/aromatic N) is 3. The molecule has 7 nitrogen and oxygen atoms in total. The zero-order chi connectivity index (χ0) is 23.0. The Balaban J connectivity index is 1.99. The lowest BCUT2D eigenvalue weighted by atomic mass is 10.0. The third kappa shape index (κ3) is 5.36. The predicted molar refractivity (Wildman–Crippen MR) is 109 cm³/mol. The topological polar surface area (TPSA) is 90.4 Å². The first-order valence-corrected chi connectivity index (χ1v) is 9.85. The minimum atomic E-state index is -4.52. The normalized spacial score (nSPS) is 15.4. The second kappa shape index (κ2) is 8.24. The van der Waals surface area contributed by atoms with Gasteiger partial charge in [-0.2, -0.15) is 13.2 Å². The van der Waals surface area contributed by atoms with E-state index in [4.69, 9.17) is 10.5 Å². The number of anilines is 1. The molecule has 0 spiro atoms. The zero-order valence-corrected chi connectivity index (χ0v) is 17.6. The number of carbonyl (C=O) groups is 1. The molecule has 2 aromatic rings. The number of aromatic nitrogens is 2. The second-order valence-corrected chi connectivity index (χ2v) is 8.47. The standard InChI is InChI=1S/C21H25F3N4O3/c1-20(2,3)31-19(30)27-10-9-14-15(12-27)26-18(25)28(17(14)29)16(11-21(22,23)24)13-7-5-4-6-8-13/h4-8,16H,9-12H2,1-3H3,(H2,25,26). The molecule has 10 heteroatoms. The number of alkyl halides is 3. The number of nitrogen functional groups attached to an aromatic ring is 1. The molecule has 0 aliphatic carbocycles. The summed E-state index contributed by atoms with van der Waals surface area (Å²) in [6.45, 7) is 5.41. The summed E-state index contributed by atoms with van der Waals surface area (Å²) in [7, 11) is 0. The molecule has 1 unspecified atom stereocenters. The summed E-state index contributed by atoms with van der Waals surface area (Å²) in [5.41, 5.74) is 5.51. The number of halogens is 3. The quantitative estimate of drug-likeness (QED) is 0.790. The molecule has 2 heterocycles. The van der Waals surface area contributed by atoms with Crippen molar-refractivity contribution >= 4 is 12.0 Å². The molecule has 31 heavy (non-hydrogen) atoms. The lowest BCUT2D eigenvalue weighted by Crippen LogP contribution is -2.44. The van der Waals surface area contributed by atoms with E-state index < -0.39 is 35.9 Å². The molecular formula is C21H25F3N4O3. The van der Waals surface area contributed by atoms with E-state index in [1.54, 1.807) is 39.0 Å². The molecule has 2 N–H and O–H groups in total. The van der Waals surface area contributed by atoms with Gasteiger partial charge >= 0.3 is 12.3 Å². The van der Waals surface area contributed by atoms with Crippen LogP contribution in [0.1, 0.15) is 50.1 Å². The maximum Gasteiger partial charge on any atom is 0.410 e. The lowest BCUT2D eigenvalue weighted by molar-refractivity contribution is -0.140. The molecule has 0 radical (unpaired) electrons. The molecule has 1 aromatic heterocycles. The van der Waals surface area contributed by atoms with Gasteiger partial charge in [-0.1, -0.05) is 30.3 Å². The van der Waals surface area contributed by atoms with Gasteiger partial charge in [0.1, 0.15) is 5.60 Å². The fourth-order valence-corrected chi connectivity index (χ4v) is 3.56. The van der Waals surface area contributed by atoms with Crippen LogP contribution in [0.25, 0.3) is 0 Å². The van der Waals surface area contributed by atoms with Crippen molar-refractivity contribution in [2.75, 3.05) is 12.3 Å². The van der Waals surface area contributed by atoms with Gasteiger partial charge in [0, 0.05) is 12.1 Å². The molecule has 1 aliphatic rings. The monoisotopic (exact) mass is 438 g/mol. The smallest absolute Gasteiger partial charge is 0.410 e. The maximum atomic E-state index is 13.3. The Kier molecular flexibility index (Phi) is 6.02. The average Bonchev–Trinajstić information content (AvgIpc) is 2.65. The molecule has 0 fully saturated rings. The SMILES string of the molecule is CC(C)(C)OC(=O)N1CCc2c(nc(N)n(C(CC(F)(F)F)c3ccccc3)c2=O)C1. The highest BCUT2D eigenvalue weighted by Gasteiger charge is 2.36. The van der Waals surface area contributed by atoms with Crippen molar-refractivity contribution in [2.45, 2.75) is 58.0 Å². The minimum absolute atomic E-state index is 0.000197. The van der Waals surface area contributed by atoms with E-state index in [9.17, 15) is 22.8 Å². The number of rotatable bonds is 3. The van der Waals surface area contributed by atoms with Crippen molar-refractivity contribution in [3.63, 3.8) is 0 Å². The molecular weight excluding hydrogens is 413 g/mol. The molecule has 1 aliphatic heterocycles. The number of hydrogen-bond donors (Lipinski definition) is 1. The highest BCUT2D eigenvalue weighted by molar-refractivity contribution is 5.68. The van der Waals surface area contributed by atoms with Gasteiger partial charge in [0.05, 0.1) is 24.7 Å². The second-order valence-electron chi connectivity index (χ2n) is 8.47. The fourth-order valence-electron chi connectivity index (χ4n) is 3.56. The Bertz CT molecular complexity index is 1010. The number of benzene rings is 1. The summed E-state index contributed by atoms with van der Waals surface area (Å²) < 4.78 is 46.2. The molecule has 0 saturated heterocycles.